The van der Waals surface area contributed by atoms with E-state index in [9.17, 15) is 45.2 Å². The number of ether oxygens (including phenoxy) is 2. The summed E-state index contributed by atoms with van der Waals surface area (Å²) in [5.74, 6) is -4.04. The fourth-order valence-electron chi connectivity index (χ4n) is 6.23. The van der Waals surface area contributed by atoms with Crippen LogP contribution in [0.3, 0.4) is 0 Å². The smallest absolute Gasteiger partial charge is 0.410 e. The zero-order valence-corrected chi connectivity index (χ0v) is 31.1. The fourth-order valence-corrected chi connectivity index (χ4v) is 8.11. The Morgan fingerprint density at radius 1 is 1.09 bits per heavy atom. The zero-order valence-electron chi connectivity index (χ0n) is 29.4. The molecule has 53 heavy (non-hydrogen) atoms. The zero-order chi connectivity index (χ0) is 39.1. The standard InChI is InChI=1S/C33H43FN6O11S2/c1-6-20-14-33(20,29(43)38-53(48,49)22-11-12-22)37-27(41)26-13-21(50-31(45)39-16-19-9-8-10-24(34)23(19)18-39)17-40(26)28(42)25(15-35-52(46,47)7-2)36-30(44)51-32(3,4)5/h6-10,20-22,25-26,35H,1-2,11-18H2,3-5H3,(H,36,44)(H,37,41)(H,38,43)/t20-,21-,25+,26?,33-/m1/s1. The summed E-state index contributed by atoms with van der Waals surface area (Å²) >= 11 is 0. The van der Waals surface area contributed by atoms with Gasteiger partial charge in [0.25, 0.3) is 5.91 Å². The predicted octanol–water partition coefficient (Wildman–Crippen LogP) is 0.873. The Balaban J connectivity index is 1.40. The predicted molar refractivity (Wildman–Crippen MR) is 186 cm³/mol. The Labute approximate surface area is 306 Å². The monoisotopic (exact) mass is 782 g/mol. The van der Waals surface area contributed by atoms with Crippen molar-refractivity contribution in [2.45, 2.75) is 94.1 Å². The molecule has 3 fully saturated rings. The van der Waals surface area contributed by atoms with Gasteiger partial charge in [0, 0.05) is 36.4 Å². The summed E-state index contributed by atoms with van der Waals surface area (Å²) in [5.41, 5.74) is -1.84. The molecule has 0 radical (unpaired) electrons. The molecule has 2 heterocycles. The number of carbonyl (C=O) groups excluding carboxylic acids is 5. The van der Waals surface area contributed by atoms with Crippen molar-refractivity contribution in [3.8, 4) is 0 Å². The first-order chi connectivity index (χ1) is 24.7. The molecule has 17 nitrogen and oxygen atoms in total. The first-order valence-corrected chi connectivity index (χ1v) is 19.9. The molecular weight excluding hydrogens is 740 g/mol. The summed E-state index contributed by atoms with van der Waals surface area (Å²) in [6.45, 7) is 10.4. The quantitative estimate of drug-likeness (QED) is 0.205. The normalized spacial score (nSPS) is 24.3. The van der Waals surface area contributed by atoms with Crippen molar-refractivity contribution in [1.82, 2.24) is 29.9 Å². The van der Waals surface area contributed by atoms with E-state index in [0.29, 0.717) is 29.4 Å². The van der Waals surface area contributed by atoms with Crippen LogP contribution < -0.4 is 20.1 Å². The van der Waals surface area contributed by atoms with Crippen LogP contribution in [-0.2, 0) is 57.0 Å². The molecule has 0 spiro atoms. The molecule has 4 N–H and O–H groups in total. The molecule has 1 aromatic carbocycles. The maximum absolute atomic E-state index is 14.4. The number of carbonyl (C=O) groups is 5. The number of sulfonamides is 2. The van der Waals surface area contributed by atoms with Crippen molar-refractivity contribution in [3.63, 3.8) is 0 Å². The van der Waals surface area contributed by atoms with Gasteiger partial charge in [0.05, 0.1) is 18.3 Å². The highest BCUT2D eigenvalue weighted by atomic mass is 32.2. The van der Waals surface area contributed by atoms with Crippen molar-refractivity contribution in [3.05, 3.63) is 59.8 Å². The highest BCUT2D eigenvalue weighted by Crippen LogP contribution is 2.45. The van der Waals surface area contributed by atoms with Gasteiger partial charge < -0.3 is 25.0 Å². The van der Waals surface area contributed by atoms with E-state index >= 15 is 0 Å². The minimum atomic E-state index is -4.12. The van der Waals surface area contributed by atoms with Crippen molar-refractivity contribution >= 4 is 50.0 Å². The number of nitrogens with zero attached hydrogens (tertiary/aromatic N) is 2. The largest absolute Gasteiger partial charge is 0.444 e. The van der Waals surface area contributed by atoms with Gasteiger partial charge in [-0.2, -0.15) is 0 Å². The van der Waals surface area contributed by atoms with Gasteiger partial charge in [0.2, 0.25) is 31.9 Å². The third-order valence-electron chi connectivity index (χ3n) is 9.25. The third kappa shape index (κ3) is 9.15. The van der Waals surface area contributed by atoms with Crippen LogP contribution in [0.5, 0.6) is 0 Å². The number of fused-ring (bicyclic) bond motifs is 1. The lowest BCUT2D eigenvalue weighted by molar-refractivity contribution is -0.141. The van der Waals surface area contributed by atoms with Gasteiger partial charge in [-0.05, 0) is 51.7 Å². The lowest BCUT2D eigenvalue weighted by atomic mass is 10.1. The van der Waals surface area contributed by atoms with Crippen molar-refractivity contribution in [2.75, 3.05) is 13.1 Å². The topological polar surface area (TPSA) is 227 Å². The molecule has 5 atom stereocenters. The molecule has 0 bridgehead atoms. The maximum Gasteiger partial charge on any atom is 0.410 e. The summed E-state index contributed by atoms with van der Waals surface area (Å²) in [4.78, 5) is 69.9. The van der Waals surface area contributed by atoms with E-state index in [-0.39, 0.29) is 25.9 Å². The van der Waals surface area contributed by atoms with E-state index in [0.717, 1.165) is 4.90 Å². The molecule has 5 rings (SSSR count). The first kappa shape index (κ1) is 39.6. The van der Waals surface area contributed by atoms with Crippen LogP contribution in [0.15, 0.2) is 42.8 Å². The average Bonchev–Trinajstić information content (AvgIpc) is 3.96. The second-order valence-electron chi connectivity index (χ2n) is 14.4. The van der Waals surface area contributed by atoms with Crippen LogP contribution >= 0.6 is 0 Å². The van der Waals surface area contributed by atoms with Crippen LogP contribution in [0.25, 0.3) is 0 Å². The summed E-state index contributed by atoms with van der Waals surface area (Å²) in [7, 11) is -8.12. The van der Waals surface area contributed by atoms with Crippen molar-refractivity contribution in [1.29, 1.82) is 0 Å². The Morgan fingerprint density at radius 3 is 2.38 bits per heavy atom. The lowest BCUT2D eigenvalue weighted by Gasteiger charge is -2.30. The van der Waals surface area contributed by atoms with Crippen LogP contribution in [0.1, 0.15) is 57.6 Å². The van der Waals surface area contributed by atoms with Crippen LogP contribution in [0, 0.1) is 11.7 Å². The van der Waals surface area contributed by atoms with Crippen molar-refractivity contribution < 1.29 is 54.7 Å². The van der Waals surface area contributed by atoms with Crippen molar-refractivity contribution in [2.24, 2.45) is 5.92 Å². The van der Waals surface area contributed by atoms with E-state index in [4.69, 9.17) is 9.47 Å². The number of benzene rings is 1. The highest BCUT2D eigenvalue weighted by Gasteiger charge is 2.62. The summed E-state index contributed by atoms with van der Waals surface area (Å²) in [6, 6.07) is 1.30. The Bertz CT molecular complexity index is 1930. The van der Waals surface area contributed by atoms with Gasteiger partial charge in [-0.1, -0.05) is 24.8 Å². The maximum atomic E-state index is 14.4. The molecule has 2 aliphatic carbocycles. The number of nitrogens with one attached hydrogen (secondary N) is 4. The SMILES string of the molecule is C=C[C@@H]1C[C@]1(NC(=O)C1C[C@@H](OC(=O)N2Cc3cccc(F)c3C2)CN1C(=O)[C@H](CNS(=O)(=O)C=C)NC(=O)OC(C)(C)C)C(=O)NS(=O)(=O)C1CC1. The number of alkyl carbamates (subject to hydrolysis) is 1. The van der Waals surface area contributed by atoms with E-state index in [1.54, 1.807) is 26.8 Å². The third-order valence-corrected chi connectivity index (χ3v) is 12.1. The number of halogens is 1. The Hall–Kier alpha value is -4.56. The molecule has 0 aromatic heterocycles. The molecule has 2 saturated carbocycles. The number of hydrogen-bond donors (Lipinski definition) is 4. The van der Waals surface area contributed by atoms with Gasteiger partial charge in [-0.15, -0.1) is 6.58 Å². The Morgan fingerprint density at radius 2 is 1.79 bits per heavy atom. The van der Waals surface area contributed by atoms with E-state index in [1.807, 2.05) is 4.72 Å². The fraction of sp³-hybridized carbons (Fsp3) is 0.545. The number of likely N-dealkylation sites (tertiary alicyclic amines) is 1. The molecular formula is C33H43FN6O11S2. The van der Waals surface area contributed by atoms with Gasteiger partial charge in [0.1, 0.15) is 35.1 Å². The van der Waals surface area contributed by atoms with E-state index in [1.165, 1.54) is 23.1 Å². The molecule has 290 valence electrons. The number of amides is 5. The van der Waals surface area contributed by atoms with E-state index < -0.39 is 109 Å². The minimum Gasteiger partial charge on any atom is -0.444 e. The second kappa shape index (κ2) is 14.7. The first-order valence-electron chi connectivity index (χ1n) is 16.8. The molecule has 1 aromatic rings. The Kier molecular flexibility index (Phi) is 11.0. The molecule has 4 aliphatic rings. The molecule has 20 heteroatoms. The lowest BCUT2D eigenvalue weighted by Crippen LogP contribution is -2.59. The molecule has 1 saturated heterocycles. The van der Waals surface area contributed by atoms with Gasteiger partial charge in [-0.3, -0.25) is 24.0 Å². The summed E-state index contributed by atoms with van der Waals surface area (Å²) in [5, 5.41) is 4.77. The summed E-state index contributed by atoms with van der Waals surface area (Å²) in [6.07, 6.45) is -1.25. The van der Waals surface area contributed by atoms with E-state index in [2.05, 4.69) is 28.5 Å². The highest BCUT2D eigenvalue weighted by molar-refractivity contribution is 7.92. The molecule has 1 unspecified atom stereocenters. The van der Waals surface area contributed by atoms with Gasteiger partial charge in [-0.25, -0.2) is 35.5 Å². The average molecular weight is 783 g/mol. The number of hydrogen-bond acceptors (Lipinski definition) is 11. The molecule has 5 amide bonds. The van der Waals surface area contributed by atoms with Crippen LogP contribution in [-0.4, -0.2) is 104 Å². The van der Waals surface area contributed by atoms with Gasteiger partial charge in [0.15, 0.2) is 0 Å². The molecule has 2 aliphatic heterocycles. The second-order valence-corrected chi connectivity index (χ2v) is 18.1. The number of rotatable bonds is 13. The van der Waals surface area contributed by atoms with Gasteiger partial charge >= 0.3 is 12.2 Å². The summed E-state index contributed by atoms with van der Waals surface area (Å²) < 4.78 is 79.2. The minimum absolute atomic E-state index is 0.00553. The van der Waals surface area contributed by atoms with Crippen LogP contribution in [0.2, 0.25) is 0 Å². The van der Waals surface area contributed by atoms with Crippen LogP contribution in [0.4, 0.5) is 14.0 Å².